The molecule has 0 spiro atoms. The maximum absolute atomic E-state index is 13.3. The Morgan fingerprint density at radius 1 is 1.03 bits per heavy atom. The monoisotopic (exact) mass is 438 g/mol. The smallest absolute Gasteiger partial charge is 0.411 e. The van der Waals surface area contributed by atoms with Crippen LogP contribution in [0.4, 0.5) is 9.59 Å². The van der Waals surface area contributed by atoms with E-state index in [1.165, 1.54) is 0 Å². The van der Waals surface area contributed by atoms with Crippen molar-refractivity contribution < 1.29 is 23.9 Å². The zero-order valence-electron chi connectivity index (χ0n) is 20.7. The van der Waals surface area contributed by atoms with Gasteiger partial charge in [-0.3, -0.25) is 9.69 Å². The maximum atomic E-state index is 13.3. The van der Waals surface area contributed by atoms with Gasteiger partial charge in [-0.25, -0.2) is 9.59 Å². The molecule has 0 N–H and O–H groups in total. The van der Waals surface area contributed by atoms with Gasteiger partial charge in [-0.1, -0.05) is 20.3 Å². The van der Waals surface area contributed by atoms with E-state index in [0.717, 1.165) is 19.3 Å². The molecule has 2 amide bonds. The SMILES string of the molecule is CC[C@]1(N(CC(=O)C2CCC[C@H]2C)C(=O)OC(C)(C)C)CCN(C(=O)OC(C)(C)C)C1. The number of likely N-dealkylation sites (tertiary alicyclic amines) is 1. The molecule has 0 aromatic heterocycles. The summed E-state index contributed by atoms with van der Waals surface area (Å²) >= 11 is 0. The van der Waals surface area contributed by atoms with Crippen LogP contribution in [0.15, 0.2) is 0 Å². The fourth-order valence-corrected chi connectivity index (χ4v) is 4.68. The Bertz CT molecular complexity index is 678. The van der Waals surface area contributed by atoms with Crippen LogP contribution in [0, 0.1) is 11.8 Å². The van der Waals surface area contributed by atoms with Crippen molar-refractivity contribution in [2.75, 3.05) is 19.6 Å². The first kappa shape index (κ1) is 25.5. The van der Waals surface area contributed by atoms with Gasteiger partial charge in [0.25, 0.3) is 0 Å². The summed E-state index contributed by atoms with van der Waals surface area (Å²) in [6, 6.07) is 0. The summed E-state index contributed by atoms with van der Waals surface area (Å²) in [5.74, 6) is 0.425. The quantitative estimate of drug-likeness (QED) is 0.602. The van der Waals surface area contributed by atoms with Crippen LogP contribution in [0.2, 0.25) is 0 Å². The molecule has 1 saturated carbocycles. The van der Waals surface area contributed by atoms with E-state index in [0.29, 0.717) is 31.8 Å². The van der Waals surface area contributed by atoms with E-state index in [4.69, 9.17) is 9.47 Å². The van der Waals surface area contributed by atoms with Crippen LogP contribution in [-0.4, -0.2) is 64.1 Å². The van der Waals surface area contributed by atoms with E-state index >= 15 is 0 Å². The lowest BCUT2D eigenvalue weighted by molar-refractivity contribution is -0.126. The molecule has 1 heterocycles. The molecule has 0 aromatic rings. The summed E-state index contributed by atoms with van der Waals surface area (Å²) in [6.45, 7) is 15.9. The highest BCUT2D eigenvalue weighted by molar-refractivity contribution is 5.87. The third-order valence-electron chi connectivity index (χ3n) is 6.42. The van der Waals surface area contributed by atoms with Gasteiger partial charge in [0, 0.05) is 19.0 Å². The first-order chi connectivity index (χ1) is 14.2. The molecule has 0 aromatic carbocycles. The highest BCUT2D eigenvalue weighted by atomic mass is 16.6. The molecule has 1 saturated heterocycles. The lowest BCUT2D eigenvalue weighted by Crippen LogP contribution is -2.57. The summed E-state index contributed by atoms with van der Waals surface area (Å²) in [7, 11) is 0. The molecule has 0 bridgehead atoms. The number of amides is 2. The molecule has 178 valence electrons. The number of carbonyl (C=O) groups excluding carboxylic acids is 3. The van der Waals surface area contributed by atoms with Gasteiger partial charge in [0.1, 0.15) is 11.2 Å². The zero-order valence-corrected chi connectivity index (χ0v) is 20.7. The second-order valence-corrected chi connectivity index (χ2v) is 11.3. The number of hydrogen-bond acceptors (Lipinski definition) is 5. The highest BCUT2D eigenvalue weighted by Gasteiger charge is 2.48. The minimum atomic E-state index is -0.669. The first-order valence-electron chi connectivity index (χ1n) is 11.7. The van der Waals surface area contributed by atoms with E-state index in [9.17, 15) is 14.4 Å². The van der Waals surface area contributed by atoms with Crippen LogP contribution in [0.1, 0.15) is 87.5 Å². The molecule has 1 aliphatic carbocycles. The topological polar surface area (TPSA) is 76.2 Å². The van der Waals surface area contributed by atoms with Crippen molar-refractivity contribution in [2.45, 2.75) is 104 Å². The summed E-state index contributed by atoms with van der Waals surface area (Å²) in [5, 5.41) is 0. The van der Waals surface area contributed by atoms with Crippen molar-refractivity contribution >= 4 is 18.0 Å². The van der Waals surface area contributed by atoms with Gasteiger partial charge in [0.15, 0.2) is 5.78 Å². The van der Waals surface area contributed by atoms with E-state index in [-0.39, 0.29) is 24.3 Å². The van der Waals surface area contributed by atoms with Gasteiger partial charge in [0.05, 0.1) is 12.1 Å². The molecule has 7 nitrogen and oxygen atoms in total. The predicted octanol–water partition coefficient (Wildman–Crippen LogP) is 5.02. The number of nitrogens with zero attached hydrogens (tertiary/aromatic N) is 2. The van der Waals surface area contributed by atoms with Crippen molar-refractivity contribution in [3.05, 3.63) is 0 Å². The minimum absolute atomic E-state index is 0.0118. The average Bonchev–Trinajstić information content (AvgIpc) is 3.23. The number of carbonyl (C=O) groups is 3. The lowest BCUT2D eigenvalue weighted by Gasteiger charge is -2.41. The average molecular weight is 439 g/mol. The molecule has 2 rings (SSSR count). The summed E-state index contributed by atoms with van der Waals surface area (Å²) in [4.78, 5) is 42.4. The molecule has 3 atom stereocenters. The van der Waals surface area contributed by atoms with Crippen LogP contribution in [0.5, 0.6) is 0 Å². The normalized spacial score (nSPS) is 26.6. The standard InChI is InChI=1S/C24H42N2O5/c1-9-24(13-14-25(16-24)20(28)30-22(3,4)5)26(21(29)31-23(6,7)8)15-19(27)18-12-10-11-17(18)2/h17-18H,9-16H2,1-8H3/t17-,18?,24+/m1/s1. The van der Waals surface area contributed by atoms with Crippen LogP contribution in [0.3, 0.4) is 0 Å². The van der Waals surface area contributed by atoms with Gasteiger partial charge < -0.3 is 14.4 Å². The molecule has 1 aliphatic heterocycles. The number of ether oxygens (including phenoxy) is 2. The largest absolute Gasteiger partial charge is 0.444 e. The summed E-state index contributed by atoms with van der Waals surface area (Å²) in [5.41, 5.74) is -1.90. The molecule has 0 radical (unpaired) electrons. The van der Waals surface area contributed by atoms with Gasteiger partial charge in [-0.2, -0.15) is 0 Å². The zero-order chi connectivity index (χ0) is 23.6. The minimum Gasteiger partial charge on any atom is -0.444 e. The fourth-order valence-electron chi connectivity index (χ4n) is 4.68. The summed E-state index contributed by atoms with van der Waals surface area (Å²) < 4.78 is 11.2. The lowest BCUT2D eigenvalue weighted by atomic mass is 9.89. The molecule has 7 heteroatoms. The molecule has 2 aliphatic rings. The van der Waals surface area contributed by atoms with Crippen LogP contribution >= 0.6 is 0 Å². The van der Waals surface area contributed by atoms with Gasteiger partial charge in [-0.05, 0) is 73.1 Å². The summed E-state index contributed by atoms with van der Waals surface area (Å²) in [6.07, 6.45) is 3.32. The van der Waals surface area contributed by atoms with Crippen LogP contribution < -0.4 is 0 Å². The van der Waals surface area contributed by atoms with Crippen LogP contribution in [-0.2, 0) is 14.3 Å². The van der Waals surface area contributed by atoms with Gasteiger partial charge in [-0.15, -0.1) is 0 Å². The van der Waals surface area contributed by atoms with Crippen molar-refractivity contribution in [3.8, 4) is 0 Å². The Balaban J connectivity index is 2.26. The number of hydrogen-bond donors (Lipinski definition) is 0. The Morgan fingerprint density at radius 2 is 1.65 bits per heavy atom. The third-order valence-corrected chi connectivity index (χ3v) is 6.42. The van der Waals surface area contributed by atoms with E-state index in [2.05, 4.69) is 6.92 Å². The van der Waals surface area contributed by atoms with Crippen LogP contribution in [0.25, 0.3) is 0 Å². The Morgan fingerprint density at radius 3 is 2.13 bits per heavy atom. The predicted molar refractivity (Wildman–Crippen MR) is 120 cm³/mol. The fraction of sp³-hybridized carbons (Fsp3) is 0.875. The van der Waals surface area contributed by atoms with E-state index < -0.39 is 22.8 Å². The molecular formula is C24H42N2O5. The van der Waals surface area contributed by atoms with Crippen molar-refractivity contribution in [3.63, 3.8) is 0 Å². The maximum Gasteiger partial charge on any atom is 0.411 e. The van der Waals surface area contributed by atoms with Crippen molar-refractivity contribution in [1.82, 2.24) is 9.80 Å². The molecule has 2 fully saturated rings. The first-order valence-corrected chi connectivity index (χ1v) is 11.7. The second-order valence-electron chi connectivity index (χ2n) is 11.3. The Labute approximate surface area is 187 Å². The van der Waals surface area contributed by atoms with Gasteiger partial charge in [0.2, 0.25) is 0 Å². The third kappa shape index (κ3) is 6.59. The number of Topliss-reactive ketones (excluding diaryl/α,β-unsaturated/α-hetero) is 1. The second kappa shape index (κ2) is 9.37. The van der Waals surface area contributed by atoms with Crippen molar-refractivity contribution in [1.29, 1.82) is 0 Å². The molecule has 31 heavy (non-hydrogen) atoms. The van der Waals surface area contributed by atoms with E-state index in [1.54, 1.807) is 9.80 Å². The van der Waals surface area contributed by atoms with Gasteiger partial charge >= 0.3 is 12.2 Å². The molecular weight excluding hydrogens is 396 g/mol. The number of ketones is 1. The Hall–Kier alpha value is -1.79. The number of rotatable bonds is 5. The molecule has 1 unspecified atom stereocenters. The highest BCUT2D eigenvalue weighted by Crippen LogP contribution is 2.36. The van der Waals surface area contributed by atoms with E-state index in [1.807, 2.05) is 48.5 Å². The van der Waals surface area contributed by atoms with Crippen molar-refractivity contribution in [2.24, 2.45) is 11.8 Å². The Kier molecular flexibility index (Phi) is 7.70.